The minimum atomic E-state index is -0.452. The average molecular weight is 373 g/mol. The van der Waals surface area contributed by atoms with Gasteiger partial charge in [-0.3, -0.25) is 14.7 Å². The third-order valence-corrected chi connectivity index (χ3v) is 4.67. The normalized spacial score (nSPS) is 12.1. The van der Waals surface area contributed by atoms with E-state index < -0.39 is 4.92 Å². The number of halogens is 1. The molecule has 0 saturated carbocycles. The van der Waals surface area contributed by atoms with Crippen molar-refractivity contribution in [2.75, 3.05) is 0 Å². The molecule has 1 aromatic heterocycles. The van der Waals surface area contributed by atoms with Gasteiger partial charge < -0.3 is 5.73 Å². The molecule has 2 aromatic carbocycles. The van der Waals surface area contributed by atoms with Gasteiger partial charge in [0, 0.05) is 23.6 Å². The Morgan fingerprint density at radius 3 is 2.42 bits per heavy atom. The van der Waals surface area contributed by atoms with Crippen LogP contribution in [-0.4, -0.2) is 19.7 Å². The van der Waals surface area contributed by atoms with Crippen LogP contribution in [0.2, 0.25) is 0 Å². The largest absolute Gasteiger partial charge is 0.322 e. The van der Waals surface area contributed by atoms with Crippen LogP contribution in [0.25, 0.3) is 5.69 Å². The van der Waals surface area contributed by atoms with Crippen LogP contribution < -0.4 is 5.73 Å². The number of rotatable bonds is 6. The lowest BCUT2D eigenvalue weighted by Gasteiger charge is -2.12. The van der Waals surface area contributed by atoms with Crippen LogP contribution in [0.5, 0.6) is 0 Å². The van der Waals surface area contributed by atoms with Crippen LogP contribution in [0, 0.1) is 15.9 Å². The van der Waals surface area contributed by atoms with Crippen molar-refractivity contribution < 1.29 is 9.31 Å². The van der Waals surface area contributed by atoms with Crippen molar-refractivity contribution in [2.24, 2.45) is 5.73 Å². The van der Waals surface area contributed by atoms with Crippen LogP contribution in [0.3, 0.4) is 0 Å². The summed E-state index contributed by atoms with van der Waals surface area (Å²) in [7, 11) is 0. The van der Waals surface area contributed by atoms with Gasteiger partial charge in [0.05, 0.1) is 11.0 Å². The number of hydrogen-bond donors (Lipinski definition) is 1. The van der Waals surface area contributed by atoms with Gasteiger partial charge in [0.25, 0.3) is 5.69 Å². The summed E-state index contributed by atoms with van der Waals surface area (Å²) in [6, 6.07) is 12.0. The molecule has 0 spiro atoms. The number of benzene rings is 2. The van der Waals surface area contributed by atoms with E-state index in [0.29, 0.717) is 22.4 Å². The summed E-state index contributed by atoms with van der Waals surface area (Å²) in [5, 5.41) is 19.8. The van der Waals surface area contributed by atoms with Gasteiger partial charge in [0.1, 0.15) is 5.82 Å². The van der Waals surface area contributed by atoms with Gasteiger partial charge in [-0.25, -0.2) is 4.39 Å². The number of nitrogens with zero attached hydrogens (tertiary/aromatic N) is 4. The zero-order valence-electron chi connectivity index (χ0n) is 13.9. The van der Waals surface area contributed by atoms with E-state index in [0.717, 1.165) is 5.56 Å². The molecule has 0 saturated heterocycles. The van der Waals surface area contributed by atoms with E-state index in [1.807, 2.05) is 0 Å². The van der Waals surface area contributed by atoms with Crippen molar-refractivity contribution in [3.8, 4) is 5.69 Å². The van der Waals surface area contributed by atoms with Crippen molar-refractivity contribution in [3.63, 3.8) is 0 Å². The predicted octanol–water partition coefficient (Wildman–Crippen LogP) is 3.63. The van der Waals surface area contributed by atoms with Crippen molar-refractivity contribution in [2.45, 2.75) is 23.9 Å². The lowest BCUT2D eigenvalue weighted by molar-refractivity contribution is -0.384. The number of non-ortho nitro benzene ring substituents is 1. The molecule has 0 fully saturated rings. The fourth-order valence-electron chi connectivity index (χ4n) is 2.36. The molecular formula is C17H16FN5O2S. The highest BCUT2D eigenvalue weighted by molar-refractivity contribution is 7.98. The SMILES string of the molecule is CC(N)c1nnc(SCc2ccc(F)cc2)n1-c1ccc([N+](=O)[O-])cc1. The highest BCUT2D eigenvalue weighted by Gasteiger charge is 2.18. The summed E-state index contributed by atoms with van der Waals surface area (Å²) in [6.07, 6.45) is 0. The van der Waals surface area contributed by atoms with Crippen LogP contribution in [0.15, 0.2) is 53.7 Å². The number of thioether (sulfide) groups is 1. The molecule has 0 amide bonds. The van der Waals surface area contributed by atoms with Gasteiger partial charge in [-0.05, 0) is 36.8 Å². The first kappa shape index (κ1) is 18.0. The van der Waals surface area contributed by atoms with Crippen LogP contribution in [0.1, 0.15) is 24.4 Å². The number of nitro benzene ring substituents is 1. The number of nitrogens with two attached hydrogens (primary N) is 1. The highest BCUT2D eigenvalue weighted by Crippen LogP contribution is 2.28. The maximum atomic E-state index is 13.0. The molecule has 1 heterocycles. The van der Waals surface area contributed by atoms with Crippen LogP contribution >= 0.6 is 11.8 Å². The molecule has 26 heavy (non-hydrogen) atoms. The molecule has 0 aliphatic rings. The second-order valence-corrected chi connectivity index (χ2v) is 6.60. The Balaban J connectivity index is 1.91. The van der Waals surface area contributed by atoms with Crippen molar-refractivity contribution in [3.05, 3.63) is 75.9 Å². The lowest BCUT2D eigenvalue weighted by atomic mass is 10.2. The zero-order valence-corrected chi connectivity index (χ0v) is 14.7. The third-order valence-electron chi connectivity index (χ3n) is 3.67. The van der Waals surface area contributed by atoms with Crippen molar-refractivity contribution in [1.82, 2.24) is 14.8 Å². The van der Waals surface area contributed by atoms with Gasteiger partial charge >= 0.3 is 0 Å². The Kier molecular flexibility index (Phi) is 5.29. The predicted molar refractivity (Wildman–Crippen MR) is 96.6 cm³/mol. The third kappa shape index (κ3) is 3.89. The van der Waals surface area contributed by atoms with Crippen molar-refractivity contribution >= 4 is 17.4 Å². The molecule has 0 bridgehead atoms. The number of hydrogen-bond acceptors (Lipinski definition) is 6. The second-order valence-electron chi connectivity index (χ2n) is 5.65. The fourth-order valence-corrected chi connectivity index (χ4v) is 3.28. The standard InChI is InChI=1S/C17H16FN5O2S/c1-11(19)16-20-21-17(26-10-12-2-4-13(18)5-3-12)22(16)14-6-8-15(9-7-14)23(24)25/h2-9,11H,10,19H2,1H3. The number of nitro groups is 1. The van der Waals surface area contributed by atoms with E-state index in [-0.39, 0.29) is 17.5 Å². The van der Waals surface area contributed by atoms with E-state index >= 15 is 0 Å². The van der Waals surface area contributed by atoms with Crippen LogP contribution in [0.4, 0.5) is 10.1 Å². The first-order chi connectivity index (χ1) is 12.5. The lowest BCUT2D eigenvalue weighted by Crippen LogP contribution is -2.13. The smallest absolute Gasteiger partial charge is 0.269 e. The Hall–Kier alpha value is -2.78. The quantitative estimate of drug-likeness (QED) is 0.402. The van der Waals surface area contributed by atoms with Gasteiger partial charge in [-0.1, -0.05) is 23.9 Å². The summed E-state index contributed by atoms with van der Waals surface area (Å²) < 4.78 is 14.8. The zero-order chi connectivity index (χ0) is 18.7. The molecule has 0 aliphatic carbocycles. The van der Waals surface area contributed by atoms with Crippen molar-refractivity contribution in [1.29, 1.82) is 0 Å². The van der Waals surface area contributed by atoms with Gasteiger partial charge in [-0.2, -0.15) is 0 Å². The molecule has 7 nitrogen and oxygen atoms in total. The summed E-state index contributed by atoms with van der Waals surface area (Å²) >= 11 is 1.43. The molecule has 3 aromatic rings. The van der Waals surface area contributed by atoms with E-state index in [1.54, 1.807) is 35.8 Å². The summed E-state index contributed by atoms with van der Waals surface area (Å²) in [6.45, 7) is 1.79. The van der Waals surface area contributed by atoms with Crippen LogP contribution in [-0.2, 0) is 5.75 Å². The van der Waals surface area contributed by atoms with E-state index in [2.05, 4.69) is 10.2 Å². The summed E-state index contributed by atoms with van der Waals surface area (Å²) in [5.41, 5.74) is 7.62. The number of aromatic nitrogens is 3. The molecule has 2 N–H and O–H groups in total. The molecular weight excluding hydrogens is 357 g/mol. The minimum absolute atomic E-state index is 0.00434. The highest BCUT2D eigenvalue weighted by atomic mass is 32.2. The van der Waals surface area contributed by atoms with Gasteiger partial charge in [-0.15, -0.1) is 10.2 Å². The summed E-state index contributed by atoms with van der Waals surface area (Å²) in [4.78, 5) is 10.4. The Morgan fingerprint density at radius 1 is 1.19 bits per heavy atom. The molecule has 0 radical (unpaired) electrons. The second kappa shape index (κ2) is 7.63. The molecule has 3 rings (SSSR count). The van der Waals surface area contributed by atoms with E-state index in [9.17, 15) is 14.5 Å². The monoisotopic (exact) mass is 373 g/mol. The maximum absolute atomic E-state index is 13.0. The molecule has 1 atom stereocenters. The first-order valence-corrected chi connectivity index (χ1v) is 8.77. The van der Waals surface area contributed by atoms with E-state index in [4.69, 9.17) is 5.73 Å². The minimum Gasteiger partial charge on any atom is -0.322 e. The Morgan fingerprint density at radius 2 is 1.85 bits per heavy atom. The van der Waals surface area contributed by atoms with Gasteiger partial charge in [0.2, 0.25) is 0 Å². The molecule has 0 aliphatic heterocycles. The van der Waals surface area contributed by atoms with E-state index in [1.165, 1.54) is 36.0 Å². The first-order valence-electron chi connectivity index (χ1n) is 7.78. The Labute approximate surface area is 153 Å². The molecule has 9 heteroatoms. The Bertz CT molecular complexity index is 910. The molecule has 1 unspecified atom stereocenters. The fraction of sp³-hybridized carbons (Fsp3) is 0.176. The summed E-state index contributed by atoms with van der Waals surface area (Å²) in [5.74, 6) is 0.845. The average Bonchev–Trinajstić information content (AvgIpc) is 3.05. The maximum Gasteiger partial charge on any atom is 0.269 e. The molecule has 134 valence electrons. The topological polar surface area (TPSA) is 99.9 Å². The van der Waals surface area contributed by atoms with Gasteiger partial charge in [0.15, 0.2) is 11.0 Å².